The van der Waals surface area contributed by atoms with E-state index in [0.717, 1.165) is 0 Å². The van der Waals surface area contributed by atoms with E-state index in [0.29, 0.717) is 10.7 Å². The predicted octanol–water partition coefficient (Wildman–Crippen LogP) is 3.79. The highest BCUT2D eigenvalue weighted by Gasteiger charge is 2.18. The van der Waals surface area contributed by atoms with Crippen molar-refractivity contribution in [3.05, 3.63) is 58.6 Å². The van der Waals surface area contributed by atoms with Crippen molar-refractivity contribution in [3.63, 3.8) is 0 Å². The SMILES string of the molecule is O=S(=O)(Nc1ccccc1Cl)c1ccccc1Cl. The summed E-state index contributed by atoms with van der Waals surface area (Å²) in [6.07, 6.45) is 0. The number of benzene rings is 2. The van der Waals surface area contributed by atoms with Crippen molar-refractivity contribution in [2.75, 3.05) is 4.72 Å². The number of nitrogens with one attached hydrogen (secondary N) is 1. The average molecular weight is 302 g/mol. The number of para-hydroxylation sites is 1. The van der Waals surface area contributed by atoms with E-state index in [4.69, 9.17) is 23.2 Å². The number of halogens is 2. The normalized spacial score (nSPS) is 11.2. The fourth-order valence-corrected chi connectivity index (χ4v) is 3.25. The van der Waals surface area contributed by atoms with Gasteiger partial charge >= 0.3 is 0 Å². The molecule has 2 aromatic carbocycles. The Morgan fingerprint density at radius 1 is 0.833 bits per heavy atom. The molecule has 0 atom stereocenters. The van der Waals surface area contributed by atoms with Crippen LogP contribution in [0.15, 0.2) is 53.4 Å². The highest BCUT2D eigenvalue weighted by molar-refractivity contribution is 7.92. The first-order chi connectivity index (χ1) is 8.50. The quantitative estimate of drug-likeness (QED) is 0.937. The summed E-state index contributed by atoms with van der Waals surface area (Å²) in [5, 5.41) is 0.491. The lowest BCUT2D eigenvalue weighted by molar-refractivity contribution is 0.601. The molecule has 94 valence electrons. The zero-order valence-electron chi connectivity index (χ0n) is 9.10. The highest BCUT2D eigenvalue weighted by Crippen LogP contribution is 2.26. The number of hydrogen-bond acceptors (Lipinski definition) is 2. The molecule has 0 aromatic heterocycles. The largest absolute Gasteiger partial charge is 0.278 e. The van der Waals surface area contributed by atoms with E-state index in [9.17, 15) is 8.42 Å². The Morgan fingerprint density at radius 2 is 1.39 bits per heavy atom. The zero-order chi connectivity index (χ0) is 13.2. The van der Waals surface area contributed by atoms with Crippen molar-refractivity contribution in [2.24, 2.45) is 0 Å². The minimum Gasteiger partial charge on any atom is -0.278 e. The first-order valence-corrected chi connectivity index (χ1v) is 7.26. The first-order valence-electron chi connectivity index (χ1n) is 5.02. The molecule has 1 N–H and O–H groups in total. The van der Waals surface area contributed by atoms with Crippen molar-refractivity contribution >= 4 is 38.9 Å². The van der Waals surface area contributed by atoms with Gasteiger partial charge in [-0.25, -0.2) is 8.42 Å². The summed E-state index contributed by atoms with van der Waals surface area (Å²) >= 11 is 11.8. The lowest BCUT2D eigenvalue weighted by atomic mass is 10.3. The van der Waals surface area contributed by atoms with Crippen LogP contribution >= 0.6 is 23.2 Å². The molecule has 0 aliphatic carbocycles. The van der Waals surface area contributed by atoms with Gasteiger partial charge in [-0.3, -0.25) is 4.72 Å². The molecule has 0 saturated heterocycles. The topological polar surface area (TPSA) is 46.2 Å². The maximum atomic E-state index is 12.1. The summed E-state index contributed by atoms with van der Waals surface area (Å²) in [7, 11) is -3.73. The Hall–Kier alpha value is -1.23. The van der Waals surface area contributed by atoms with Crippen LogP contribution in [0.4, 0.5) is 5.69 Å². The summed E-state index contributed by atoms with van der Waals surface area (Å²) in [5.74, 6) is 0. The molecule has 2 aromatic rings. The van der Waals surface area contributed by atoms with Gasteiger partial charge in [-0.15, -0.1) is 0 Å². The minimum atomic E-state index is -3.73. The molecule has 0 spiro atoms. The van der Waals surface area contributed by atoms with E-state index in [1.165, 1.54) is 12.1 Å². The van der Waals surface area contributed by atoms with Crippen LogP contribution in [0.5, 0.6) is 0 Å². The van der Waals surface area contributed by atoms with Crippen LogP contribution in [0.2, 0.25) is 10.0 Å². The molecule has 0 radical (unpaired) electrons. The predicted molar refractivity (Wildman–Crippen MR) is 73.7 cm³/mol. The molecular weight excluding hydrogens is 293 g/mol. The summed E-state index contributed by atoms with van der Waals surface area (Å²) in [4.78, 5) is 0.0200. The molecule has 3 nitrogen and oxygen atoms in total. The number of rotatable bonds is 3. The third-order valence-electron chi connectivity index (χ3n) is 2.24. The van der Waals surface area contributed by atoms with Gasteiger partial charge in [-0.2, -0.15) is 0 Å². The number of sulfonamides is 1. The zero-order valence-corrected chi connectivity index (χ0v) is 11.4. The van der Waals surface area contributed by atoms with Crippen LogP contribution < -0.4 is 4.72 Å². The van der Waals surface area contributed by atoms with Crippen LogP contribution in [-0.2, 0) is 10.0 Å². The molecule has 6 heteroatoms. The molecule has 0 heterocycles. The molecule has 0 aliphatic rings. The van der Waals surface area contributed by atoms with Crippen molar-refractivity contribution in [3.8, 4) is 0 Å². The van der Waals surface area contributed by atoms with Gasteiger partial charge in [0.05, 0.1) is 15.7 Å². The van der Waals surface area contributed by atoms with E-state index in [2.05, 4.69) is 4.72 Å². The second-order valence-corrected chi connectivity index (χ2v) is 5.98. The third-order valence-corrected chi connectivity index (χ3v) is 4.44. The van der Waals surface area contributed by atoms with Crippen molar-refractivity contribution in [1.29, 1.82) is 0 Å². The average Bonchev–Trinajstić information content (AvgIpc) is 2.32. The van der Waals surface area contributed by atoms with Crippen LogP contribution in [0.25, 0.3) is 0 Å². The van der Waals surface area contributed by atoms with E-state index in [1.807, 2.05) is 0 Å². The molecule has 0 amide bonds. The maximum absolute atomic E-state index is 12.1. The molecule has 0 fully saturated rings. The van der Waals surface area contributed by atoms with Crippen molar-refractivity contribution in [2.45, 2.75) is 4.90 Å². The monoisotopic (exact) mass is 301 g/mol. The van der Waals surface area contributed by atoms with E-state index < -0.39 is 10.0 Å². The fraction of sp³-hybridized carbons (Fsp3) is 0. The van der Waals surface area contributed by atoms with E-state index in [1.54, 1.807) is 36.4 Å². The molecule has 0 unspecified atom stereocenters. The Kier molecular flexibility index (Phi) is 3.80. The van der Waals surface area contributed by atoms with Crippen LogP contribution in [0.1, 0.15) is 0 Å². The van der Waals surface area contributed by atoms with E-state index in [-0.39, 0.29) is 9.92 Å². The van der Waals surface area contributed by atoms with Crippen molar-refractivity contribution in [1.82, 2.24) is 0 Å². The number of hydrogen-bond donors (Lipinski definition) is 1. The summed E-state index contributed by atoms with van der Waals surface area (Å²) in [6, 6.07) is 12.8. The van der Waals surface area contributed by atoms with Gasteiger partial charge in [0.25, 0.3) is 10.0 Å². The van der Waals surface area contributed by atoms with E-state index >= 15 is 0 Å². The minimum absolute atomic E-state index is 0.0200. The molecule has 18 heavy (non-hydrogen) atoms. The summed E-state index contributed by atoms with van der Waals surface area (Å²) < 4.78 is 26.6. The van der Waals surface area contributed by atoms with Gasteiger partial charge in [0.15, 0.2) is 0 Å². The van der Waals surface area contributed by atoms with Crippen LogP contribution in [0.3, 0.4) is 0 Å². The summed E-state index contributed by atoms with van der Waals surface area (Å²) in [5.41, 5.74) is 0.319. The smallest absolute Gasteiger partial charge is 0.263 e. The van der Waals surface area contributed by atoms with Gasteiger partial charge in [0.1, 0.15) is 4.90 Å². The molecule has 0 bridgehead atoms. The van der Waals surface area contributed by atoms with Gasteiger partial charge < -0.3 is 0 Å². The van der Waals surface area contributed by atoms with Crippen molar-refractivity contribution < 1.29 is 8.42 Å². The van der Waals surface area contributed by atoms with Gasteiger partial charge in [0.2, 0.25) is 0 Å². The van der Waals surface area contributed by atoms with Gasteiger partial charge in [0, 0.05) is 0 Å². The second kappa shape index (κ2) is 5.18. The molecule has 0 saturated carbocycles. The Balaban J connectivity index is 2.40. The van der Waals surface area contributed by atoms with Crippen LogP contribution in [-0.4, -0.2) is 8.42 Å². The lowest BCUT2D eigenvalue weighted by Crippen LogP contribution is -2.13. The first kappa shape index (κ1) is 13.2. The standard InChI is InChI=1S/C12H9Cl2NO2S/c13-9-5-1-3-7-11(9)15-18(16,17)12-8-4-2-6-10(12)14/h1-8,15H. The second-order valence-electron chi connectivity index (χ2n) is 3.52. The summed E-state index contributed by atoms with van der Waals surface area (Å²) in [6.45, 7) is 0. The molecule has 2 rings (SSSR count). The fourth-order valence-electron chi connectivity index (χ4n) is 1.41. The Labute approximate surface area is 115 Å². The van der Waals surface area contributed by atoms with Gasteiger partial charge in [-0.05, 0) is 24.3 Å². The number of anilines is 1. The Morgan fingerprint density at radius 3 is 2.00 bits per heavy atom. The maximum Gasteiger partial charge on any atom is 0.263 e. The Bertz CT molecular complexity index is 671. The molecular formula is C12H9Cl2NO2S. The van der Waals surface area contributed by atoms with Crippen LogP contribution in [0, 0.1) is 0 Å². The van der Waals surface area contributed by atoms with Gasteiger partial charge in [-0.1, -0.05) is 47.5 Å². The third kappa shape index (κ3) is 2.77. The highest BCUT2D eigenvalue weighted by atomic mass is 35.5. The lowest BCUT2D eigenvalue weighted by Gasteiger charge is -2.10. The molecule has 0 aliphatic heterocycles.